The van der Waals surface area contributed by atoms with Gasteiger partial charge in [-0.1, -0.05) is 49.0 Å². The maximum absolute atomic E-state index is 10.1. The lowest BCUT2D eigenvalue weighted by Gasteiger charge is -2.36. The molecule has 3 N–H and O–H groups in total. The number of rotatable bonds is 5. The van der Waals surface area contributed by atoms with Crippen molar-refractivity contribution in [3.8, 4) is 0 Å². The Morgan fingerprint density at radius 3 is 2.30 bits per heavy atom. The highest BCUT2D eigenvalue weighted by atomic mass is 16.3. The third kappa shape index (κ3) is 5.68. The van der Waals surface area contributed by atoms with Crippen LogP contribution in [-0.4, -0.2) is 33.1 Å². The van der Waals surface area contributed by atoms with Gasteiger partial charge in [0.1, 0.15) is 0 Å². The van der Waals surface area contributed by atoms with Gasteiger partial charge in [0.2, 0.25) is 0 Å². The van der Waals surface area contributed by atoms with Crippen LogP contribution >= 0.6 is 0 Å². The molecule has 154 valence electrons. The molecule has 0 aromatic heterocycles. The van der Waals surface area contributed by atoms with E-state index in [4.69, 9.17) is 0 Å². The van der Waals surface area contributed by atoms with Crippen molar-refractivity contribution in [2.24, 2.45) is 11.3 Å². The minimum absolute atomic E-state index is 0.395. The summed E-state index contributed by atoms with van der Waals surface area (Å²) in [6, 6.07) is 0. The van der Waals surface area contributed by atoms with Crippen molar-refractivity contribution in [3.63, 3.8) is 0 Å². The molecule has 3 heteroatoms. The van der Waals surface area contributed by atoms with Gasteiger partial charge in [-0.3, -0.25) is 0 Å². The number of hydrogen-bond acceptors (Lipinski definition) is 3. The van der Waals surface area contributed by atoms with E-state index >= 15 is 0 Å². The predicted octanol–water partition coefficient (Wildman–Crippen LogP) is 5.05. The minimum atomic E-state index is -0.568. The molecule has 0 aromatic carbocycles. The third-order valence-electron chi connectivity index (χ3n) is 7.21. The second-order valence-electron chi connectivity index (χ2n) is 10.2. The normalized spacial score (nSPS) is 33.0. The summed E-state index contributed by atoms with van der Waals surface area (Å²) in [4.78, 5) is 0. The van der Waals surface area contributed by atoms with Crippen LogP contribution in [0.3, 0.4) is 0 Å². The Hall–Kier alpha value is -0.640. The molecule has 3 aliphatic carbocycles. The predicted molar refractivity (Wildman–Crippen MR) is 110 cm³/mol. The molecule has 3 nitrogen and oxygen atoms in total. The number of aliphatic hydroxyl groups is 3. The van der Waals surface area contributed by atoms with Crippen molar-refractivity contribution < 1.29 is 15.3 Å². The van der Waals surface area contributed by atoms with Crippen LogP contribution in [0.15, 0.2) is 23.3 Å². The SMILES string of the molecule is CC(C)(O)CCC[C@@H]1CCC2(CCCCC2)/C1=C/C=C1C[C@@H](O)C[C@H](O)C1. The van der Waals surface area contributed by atoms with E-state index in [0.717, 1.165) is 12.8 Å². The molecule has 3 rings (SSSR count). The zero-order valence-corrected chi connectivity index (χ0v) is 17.4. The Labute approximate surface area is 165 Å². The largest absolute Gasteiger partial charge is 0.393 e. The second-order valence-corrected chi connectivity index (χ2v) is 10.2. The fourth-order valence-corrected chi connectivity index (χ4v) is 5.86. The van der Waals surface area contributed by atoms with Gasteiger partial charge in [-0.05, 0) is 83.0 Å². The Balaban J connectivity index is 1.75. The summed E-state index contributed by atoms with van der Waals surface area (Å²) in [7, 11) is 0. The molecular formula is C24H40O3. The average Bonchev–Trinajstić information content (AvgIpc) is 2.89. The van der Waals surface area contributed by atoms with E-state index in [2.05, 4.69) is 12.2 Å². The van der Waals surface area contributed by atoms with Gasteiger partial charge in [0.05, 0.1) is 17.8 Å². The van der Waals surface area contributed by atoms with Crippen LogP contribution in [0.2, 0.25) is 0 Å². The monoisotopic (exact) mass is 376 g/mol. The van der Waals surface area contributed by atoms with E-state index in [9.17, 15) is 15.3 Å². The zero-order chi connectivity index (χ0) is 19.5. The molecule has 0 unspecified atom stereocenters. The molecule has 3 atom stereocenters. The first-order valence-electron chi connectivity index (χ1n) is 11.3. The number of allylic oxidation sites excluding steroid dienone is 3. The van der Waals surface area contributed by atoms with Crippen molar-refractivity contribution >= 4 is 0 Å². The highest BCUT2D eigenvalue weighted by Gasteiger charge is 2.43. The fraction of sp³-hybridized carbons (Fsp3) is 0.833. The molecule has 3 aliphatic rings. The van der Waals surface area contributed by atoms with Crippen molar-refractivity contribution in [3.05, 3.63) is 23.3 Å². The van der Waals surface area contributed by atoms with Crippen molar-refractivity contribution in [1.82, 2.24) is 0 Å². The lowest BCUT2D eigenvalue weighted by Crippen LogP contribution is -2.25. The molecule has 0 aliphatic heterocycles. The van der Waals surface area contributed by atoms with Crippen LogP contribution < -0.4 is 0 Å². The summed E-state index contributed by atoms with van der Waals surface area (Å²) in [6.45, 7) is 3.82. The molecule has 0 bridgehead atoms. The Morgan fingerprint density at radius 2 is 1.67 bits per heavy atom. The molecule has 0 aromatic rings. The van der Waals surface area contributed by atoms with Crippen molar-refractivity contribution in [2.75, 3.05) is 0 Å². The van der Waals surface area contributed by atoms with E-state index in [0.29, 0.717) is 30.6 Å². The van der Waals surface area contributed by atoms with E-state index in [1.165, 1.54) is 56.9 Å². The van der Waals surface area contributed by atoms with Gasteiger partial charge < -0.3 is 15.3 Å². The van der Waals surface area contributed by atoms with Gasteiger partial charge in [-0.15, -0.1) is 0 Å². The average molecular weight is 377 g/mol. The fourth-order valence-electron chi connectivity index (χ4n) is 5.86. The summed E-state index contributed by atoms with van der Waals surface area (Å²) in [6.07, 6.45) is 18.2. The molecule has 3 saturated carbocycles. The van der Waals surface area contributed by atoms with Crippen molar-refractivity contribution in [1.29, 1.82) is 0 Å². The van der Waals surface area contributed by atoms with Crippen molar-refractivity contribution in [2.45, 2.75) is 115 Å². The van der Waals surface area contributed by atoms with E-state index < -0.39 is 17.8 Å². The van der Waals surface area contributed by atoms with Crippen LogP contribution in [0, 0.1) is 11.3 Å². The molecule has 0 radical (unpaired) electrons. The Morgan fingerprint density at radius 1 is 1.00 bits per heavy atom. The van der Waals surface area contributed by atoms with Gasteiger partial charge >= 0.3 is 0 Å². The quantitative estimate of drug-likeness (QED) is 0.629. The first-order chi connectivity index (χ1) is 12.8. The number of aliphatic hydroxyl groups excluding tert-OH is 2. The van der Waals surface area contributed by atoms with Gasteiger partial charge in [-0.25, -0.2) is 0 Å². The lowest BCUT2D eigenvalue weighted by atomic mass is 9.69. The van der Waals surface area contributed by atoms with Crippen LogP contribution in [0.4, 0.5) is 0 Å². The molecular weight excluding hydrogens is 336 g/mol. The molecule has 27 heavy (non-hydrogen) atoms. The highest BCUT2D eigenvalue weighted by Crippen LogP contribution is 2.56. The van der Waals surface area contributed by atoms with Gasteiger partial charge in [0.15, 0.2) is 0 Å². The molecule has 0 heterocycles. The highest BCUT2D eigenvalue weighted by molar-refractivity contribution is 5.30. The summed E-state index contributed by atoms with van der Waals surface area (Å²) in [5.74, 6) is 0.640. The second kappa shape index (κ2) is 8.80. The third-order valence-corrected chi connectivity index (χ3v) is 7.21. The van der Waals surface area contributed by atoms with Crippen LogP contribution in [0.25, 0.3) is 0 Å². The zero-order valence-electron chi connectivity index (χ0n) is 17.4. The molecule has 1 spiro atoms. The van der Waals surface area contributed by atoms with Gasteiger partial charge in [-0.2, -0.15) is 0 Å². The topological polar surface area (TPSA) is 60.7 Å². The summed E-state index contributed by atoms with van der Waals surface area (Å²) >= 11 is 0. The summed E-state index contributed by atoms with van der Waals surface area (Å²) < 4.78 is 0. The van der Waals surface area contributed by atoms with Gasteiger partial charge in [0, 0.05) is 0 Å². The lowest BCUT2D eigenvalue weighted by molar-refractivity contribution is 0.0609. The Kier molecular flexibility index (Phi) is 6.87. The van der Waals surface area contributed by atoms with E-state index in [1.807, 2.05) is 13.8 Å². The number of hydrogen-bond donors (Lipinski definition) is 3. The minimum Gasteiger partial charge on any atom is -0.393 e. The van der Waals surface area contributed by atoms with E-state index in [-0.39, 0.29) is 0 Å². The maximum Gasteiger partial charge on any atom is 0.0602 e. The maximum atomic E-state index is 10.1. The van der Waals surface area contributed by atoms with Gasteiger partial charge in [0.25, 0.3) is 0 Å². The van der Waals surface area contributed by atoms with Crippen LogP contribution in [0.5, 0.6) is 0 Å². The first-order valence-corrected chi connectivity index (χ1v) is 11.3. The molecule has 0 saturated heterocycles. The molecule has 3 fully saturated rings. The van der Waals surface area contributed by atoms with E-state index in [1.54, 1.807) is 5.57 Å². The smallest absolute Gasteiger partial charge is 0.0602 e. The summed E-state index contributed by atoms with van der Waals surface area (Å²) in [5.41, 5.74) is 2.67. The van der Waals surface area contributed by atoms with Crippen LogP contribution in [0.1, 0.15) is 97.3 Å². The first kappa shape index (κ1) is 21.1. The standard InChI is InChI=1S/C24H40O3/c1-23(2,27)11-6-7-19-10-14-24(12-4-3-5-13-24)22(19)9-8-18-15-20(25)17-21(26)16-18/h8-9,19-21,25-27H,3-7,10-17H2,1-2H3/b22-9+/t19-,20-,21-/m1/s1. The van der Waals surface area contributed by atoms with Crippen LogP contribution in [-0.2, 0) is 0 Å². The summed E-state index contributed by atoms with van der Waals surface area (Å²) in [5, 5.41) is 30.0. The Bertz CT molecular complexity index is 536. The molecule has 0 amide bonds.